The van der Waals surface area contributed by atoms with Crippen LogP contribution >= 0.6 is 0 Å². The summed E-state index contributed by atoms with van der Waals surface area (Å²) in [4.78, 5) is 14.7. The van der Waals surface area contributed by atoms with Gasteiger partial charge >= 0.3 is 0 Å². The van der Waals surface area contributed by atoms with Crippen molar-refractivity contribution in [1.29, 1.82) is 0 Å². The van der Waals surface area contributed by atoms with E-state index in [1.165, 1.54) is 0 Å². The number of aromatic nitrogens is 2. The van der Waals surface area contributed by atoms with Crippen LogP contribution in [-0.4, -0.2) is 16.4 Å². The molecule has 1 N–H and O–H groups in total. The van der Waals surface area contributed by atoms with Gasteiger partial charge in [0.05, 0.1) is 5.39 Å². The van der Waals surface area contributed by atoms with Crippen LogP contribution in [0.4, 0.5) is 5.82 Å². The number of pyridine rings is 1. The van der Waals surface area contributed by atoms with E-state index < -0.39 is 0 Å². The summed E-state index contributed by atoms with van der Waals surface area (Å²) in [6, 6.07) is 9.04. The van der Waals surface area contributed by atoms with Crippen LogP contribution in [0.2, 0.25) is 0 Å². The number of hydrogen-bond acceptors (Lipinski definition) is 5. The highest BCUT2D eigenvalue weighted by Crippen LogP contribution is 2.23. The number of benzene rings is 1. The van der Waals surface area contributed by atoms with Crippen molar-refractivity contribution < 1.29 is 9.32 Å². The molecule has 1 aromatic carbocycles. The maximum atomic E-state index is 10.8. The first-order chi connectivity index (χ1) is 9.36. The van der Waals surface area contributed by atoms with Gasteiger partial charge in [0.25, 0.3) is 0 Å². The van der Waals surface area contributed by atoms with E-state index >= 15 is 0 Å². The Morgan fingerprint density at radius 3 is 2.84 bits per heavy atom. The number of rotatable bonds is 4. The average Bonchev–Trinajstić information content (AvgIpc) is 2.88. The van der Waals surface area contributed by atoms with Gasteiger partial charge in [-0.1, -0.05) is 5.16 Å². The molecule has 0 unspecified atom stereocenters. The average molecular weight is 253 g/mol. The van der Waals surface area contributed by atoms with Gasteiger partial charge in [-0.2, -0.15) is 0 Å². The van der Waals surface area contributed by atoms with Crippen molar-refractivity contribution in [3.05, 3.63) is 53.9 Å². The highest BCUT2D eigenvalue weighted by molar-refractivity contribution is 5.92. The van der Waals surface area contributed by atoms with E-state index in [0.717, 1.165) is 17.2 Å². The van der Waals surface area contributed by atoms with Crippen molar-refractivity contribution >= 4 is 23.1 Å². The standard InChI is InChI=1S/C14H11N3O2/c18-9-11-1-2-13-12(7-11)14(17-19-13)16-8-10-3-5-15-6-4-10/h1-7,9H,8H2,(H,16,17). The zero-order valence-electron chi connectivity index (χ0n) is 10.0. The highest BCUT2D eigenvalue weighted by atomic mass is 16.5. The van der Waals surface area contributed by atoms with E-state index in [9.17, 15) is 4.79 Å². The van der Waals surface area contributed by atoms with Gasteiger partial charge in [-0.15, -0.1) is 0 Å². The third kappa shape index (κ3) is 2.30. The molecule has 3 rings (SSSR count). The number of aldehydes is 1. The number of nitrogens with one attached hydrogen (secondary N) is 1. The first kappa shape index (κ1) is 11.4. The van der Waals surface area contributed by atoms with Crippen LogP contribution < -0.4 is 5.32 Å². The molecule has 0 fully saturated rings. The number of carbonyl (C=O) groups excluding carboxylic acids is 1. The third-order valence-electron chi connectivity index (χ3n) is 2.84. The SMILES string of the molecule is O=Cc1ccc2onc(NCc3ccncc3)c2c1. The summed E-state index contributed by atoms with van der Waals surface area (Å²) < 4.78 is 5.20. The Labute approximate surface area is 109 Å². The molecule has 2 aromatic heterocycles. The van der Waals surface area contributed by atoms with Crippen LogP contribution in [0.1, 0.15) is 15.9 Å². The molecule has 0 aliphatic rings. The van der Waals surface area contributed by atoms with E-state index in [2.05, 4.69) is 15.5 Å². The number of anilines is 1. The van der Waals surface area contributed by atoms with Crippen molar-refractivity contribution in [2.24, 2.45) is 0 Å². The first-order valence-corrected chi connectivity index (χ1v) is 5.84. The summed E-state index contributed by atoms with van der Waals surface area (Å²) in [6.07, 6.45) is 4.28. The fourth-order valence-corrected chi connectivity index (χ4v) is 1.84. The number of nitrogens with zero attached hydrogens (tertiary/aromatic N) is 2. The molecule has 5 nitrogen and oxygen atoms in total. The second-order valence-electron chi connectivity index (χ2n) is 4.11. The van der Waals surface area contributed by atoms with Gasteiger partial charge in [0.2, 0.25) is 0 Å². The van der Waals surface area contributed by atoms with Gasteiger partial charge in [0.1, 0.15) is 6.29 Å². The molecule has 0 radical (unpaired) electrons. The Morgan fingerprint density at radius 1 is 1.21 bits per heavy atom. The monoisotopic (exact) mass is 253 g/mol. The van der Waals surface area contributed by atoms with Gasteiger partial charge in [-0.05, 0) is 35.9 Å². The minimum Gasteiger partial charge on any atom is -0.363 e. The van der Waals surface area contributed by atoms with Gasteiger partial charge in [0.15, 0.2) is 11.4 Å². The molecule has 0 aliphatic carbocycles. The fraction of sp³-hybridized carbons (Fsp3) is 0.0714. The molecule has 94 valence electrons. The summed E-state index contributed by atoms with van der Waals surface area (Å²) in [6.45, 7) is 0.621. The van der Waals surface area contributed by atoms with E-state index in [1.807, 2.05) is 12.1 Å². The van der Waals surface area contributed by atoms with Crippen molar-refractivity contribution in [3.8, 4) is 0 Å². The highest BCUT2D eigenvalue weighted by Gasteiger charge is 2.08. The molecule has 0 atom stereocenters. The summed E-state index contributed by atoms with van der Waals surface area (Å²) in [5.74, 6) is 0.635. The molecule has 0 amide bonds. The minimum atomic E-state index is 0.600. The van der Waals surface area contributed by atoms with Crippen molar-refractivity contribution in [1.82, 2.24) is 10.1 Å². The molecule has 19 heavy (non-hydrogen) atoms. The summed E-state index contributed by atoms with van der Waals surface area (Å²) in [5.41, 5.74) is 2.35. The van der Waals surface area contributed by atoms with Gasteiger partial charge in [0, 0.05) is 24.5 Å². The molecule has 2 heterocycles. The Morgan fingerprint density at radius 2 is 2.05 bits per heavy atom. The predicted octanol–water partition coefficient (Wildman–Crippen LogP) is 2.65. The molecule has 0 bridgehead atoms. The predicted molar refractivity (Wildman–Crippen MR) is 71.0 cm³/mol. The second-order valence-corrected chi connectivity index (χ2v) is 4.11. The number of hydrogen-bond donors (Lipinski definition) is 1. The Balaban J connectivity index is 1.86. The minimum absolute atomic E-state index is 0.600. The molecule has 0 saturated heterocycles. The van der Waals surface area contributed by atoms with Crippen LogP contribution in [0.5, 0.6) is 0 Å². The van der Waals surface area contributed by atoms with E-state index in [1.54, 1.807) is 30.6 Å². The molecule has 0 aliphatic heterocycles. The lowest BCUT2D eigenvalue weighted by molar-refractivity contribution is 0.112. The molecule has 0 spiro atoms. The van der Waals surface area contributed by atoms with Crippen LogP contribution in [0, 0.1) is 0 Å². The zero-order valence-corrected chi connectivity index (χ0v) is 10.0. The molecular weight excluding hydrogens is 242 g/mol. The maximum absolute atomic E-state index is 10.8. The molecule has 5 heteroatoms. The summed E-state index contributed by atoms with van der Waals surface area (Å²) in [7, 11) is 0. The van der Waals surface area contributed by atoms with Crippen molar-refractivity contribution in [2.75, 3.05) is 5.32 Å². The fourth-order valence-electron chi connectivity index (χ4n) is 1.84. The van der Waals surface area contributed by atoms with Gasteiger partial charge in [-0.3, -0.25) is 9.78 Å². The number of fused-ring (bicyclic) bond motifs is 1. The van der Waals surface area contributed by atoms with Crippen molar-refractivity contribution in [3.63, 3.8) is 0 Å². The summed E-state index contributed by atoms with van der Waals surface area (Å²) >= 11 is 0. The lowest BCUT2D eigenvalue weighted by Gasteiger charge is -2.02. The van der Waals surface area contributed by atoms with E-state index in [4.69, 9.17) is 4.52 Å². The van der Waals surface area contributed by atoms with Crippen molar-refractivity contribution in [2.45, 2.75) is 6.54 Å². The lowest BCUT2D eigenvalue weighted by Crippen LogP contribution is -1.99. The second kappa shape index (κ2) is 4.89. The molecule has 0 saturated carbocycles. The van der Waals surface area contributed by atoms with Crippen LogP contribution in [-0.2, 0) is 6.54 Å². The molecule has 3 aromatic rings. The lowest BCUT2D eigenvalue weighted by atomic mass is 10.2. The van der Waals surface area contributed by atoms with E-state index in [0.29, 0.717) is 23.5 Å². The van der Waals surface area contributed by atoms with Gasteiger partial charge in [-0.25, -0.2) is 0 Å². The van der Waals surface area contributed by atoms with Crippen LogP contribution in [0.15, 0.2) is 47.2 Å². The Kier molecular flexibility index (Phi) is 2.94. The largest absolute Gasteiger partial charge is 0.363 e. The molecular formula is C14H11N3O2. The Bertz CT molecular complexity index is 707. The topological polar surface area (TPSA) is 68.0 Å². The van der Waals surface area contributed by atoms with Gasteiger partial charge < -0.3 is 9.84 Å². The third-order valence-corrected chi connectivity index (χ3v) is 2.84. The van der Waals surface area contributed by atoms with Crippen LogP contribution in [0.3, 0.4) is 0 Å². The Hall–Kier alpha value is -2.69. The smallest absolute Gasteiger partial charge is 0.177 e. The normalized spacial score (nSPS) is 10.5. The quantitative estimate of drug-likeness (QED) is 0.724. The first-order valence-electron chi connectivity index (χ1n) is 5.84. The zero-order chi connectivity index (χ0) is 13.1. The van der Waals surface area contributed by atoms with Crippen LogP contribution in [0.25, 0.3) is 11.0 Å². The van der Waals surface area contributed by atoms with E-state index in [-0.39, 0.29) is 0 Å². The maximum Gasteiger partial charge on any atom is 0.177 e. The summed E-state index contributed by atoms with van der Waals surface area (Å²) in [5, 5.41) is 7.96. The number of carbonyl (C=O) groups is 1.